The number of anilines is 12. The molecular formula is C134H86N4OS. The number of furan rings is 1. The number of thiophene rings is 1. The van der Waals surface area contributed by atoms with Crippen molar-refractivity contribution in [2.75, 3.05) is 19.6 Å². The molecule has 0 unspecified atom stereocenters. The predicted molar refractivity (Wildman–Crippen MR) is 585 cm³/mol. The van der Waals surface area contributed by atoms with E-state index in [4.69, 9.17) is 4.42 Å². The molecule has 4 heterocycles. The molecule has 0 fully saturated rings. The minimum absolute atomic E-state index is 0.663. The highest BCUT2D eigenvalue weighted by Crippen LogP contribution is 2.69. The molecule has 654 valence electrons. The van der Waals surface area contributed by atoms with Gasteiger partial charge in [-0.1, -0.05) is 382 Å². The molecular weight excluding hydrogens is 1710 g/mol. The molecule has 2 aliphatic carbocycles. The van der Waals surface area contributed by atoms with E-state index in [1.165, 1.54) is 126 Å². The lowest BCUT2D eigenvalue weighted by Crippen LogP contribution is -2.36. The monoisotopic (exact) mass is 1800 g/mol. The summed E-state index contributed by atoms with van der Waals surface area (Å²) >= 11 is 1.88. The number of fused-ring (bicyclic) bond motifs is 24. The van der Waals surface area contributed by atoms with Crippen molar-refractivity contribution in [2.45, 2.75) is 10.8 Å². The van der Waals surface area contributed by atoms with Gasteiger partial charge in [0.1, 0.15) is 11.2 Å². The largest absolute Gasteiger partial charge is 0.456 e. The van der Waals surface area contributed by atoms with Gasteiger partial charge in [-0.2, -0.15) is 0 Å². The van der Waals surface area contributed by atoms with E-state index >= 15 is 0 Å². The van der Waals surface area contributed by atoms with E-state index < -0.39 is 10.8 Å². The van der Waals surface area contributed by atoms with Crippen LogP contribution in [0.3, 0.4) is 0 Å². The molecule has 5 nitrogen and oxygen atoms in total. The van der Waals surface area contributed by atoms with Crippen LogP contribution in [0.4, 0.5) is 68.2 Å². The molecule has 140 heavy (non-hydrogen) atoms. The second kappa shape index (κ2) is 32.4. The summed E-state index contributed by atoms with van der Waals surface area (Å²) in [6.45, 7) is 0. The molecule has 2 spiro atoms. The summed E-state index contributed by atoms with van der Waals surface area (Å²) < 4.78 is 8.84. The molecule has 0 amide bonds. The van der Waals surface area contributed by atoms with E-state index in [-0.39, 0.29) is 0 Å². The van der Waals surface area contributed by atoms with Crippen molar-refractivity contribution in [3.8, 4) is 100 Å². The first-order valence-electron chi connectivity index (χ1n) is 48.2. The van der Waals surface area contributed by atoms with Crippen LogP contribution >= 0.6 is 11.3 Å². The van der Waals surface area contributed by atoms with E-state index in [0.29, 0.717) is 0 Å². The highest BCUT2D eigenvalue weighted by atomic mass is 32.1. The van der Waals surface area contributed by atoms with Crippen LogP contribution in [0.1, 0.15) is 44.5 Å². The average Bonchev–Trinajstić information content (AvgIpc) is 1.49. The summed E-state index contributed by atoms with van der Waals surface area (Å²) in [5, 5.41) is 4.69. The third-order valence-corrected chi connectivity index (χ3v) is 31.1. The van der Waals surface area contributed by atoms with Gasteiger partial charge in [0.2, 0.25) is 0 Å². The first-order chi connectivity index (χ1) is 69.5. The van der Waals surface area contributed by atoms with Crippen LogP contribution in [0.25, 0.3) is 142 Å². The molecule has 4 aliphatic rings. The van der Waals surface area contributed by atoms with Crippen LogP contribution in [0.15, 0.2) is 526 Å². The maximum absolute atomic E-state index is 6.34. The number of hydrogen-bond donors (Lipinski definition) is 0. The Morgan fingerprint density at radius 1 is 0.193 bits per heavy atom. The predicted octanol–water partition coefficient (Wildman–Crippen LogP) is 36.9. The van der Waals surface area contributed by atoms with Crippen LogP contribution in [0, 0.1) is 0 Å². The van der Waals surface area contributed by atoms with Gasteiger partial charge >= 0.3 is 0 Å². The van der Waals surface area contributed by atoms with Gasteiger partial charge < -0.3 is 24.0 Å². The molecule has 24 aromatic rings. The second-order valence-corrected chi connectivity index (χ2v) is 38.2. The van der Waals surface area contributed by atoms with Crippen molar-refractivity contribution < 1.29 is 4.42 Å². The van der Waals surface area contributed by atoms with Gasteiger partial charge in [-0.05, 0) is 262 Å². The molecule has 6 heteroatoms. The Bertz CT molecular complexity index is 9010. The Balaban J connectivity index is 0.547. The maximum Gasteiger partial charge on any atom is 0.135 e. The maximum atomic E-state index is 6.34. The van der Waals surface area contributed by atoms with Gasteiger partial charge in [-0.3, -0.25) is 0 Å². The Hall–Kier alpha value is -17.9. The molecule has 0 atom stereocenters. The molecule has 0 N–H and O–H groups in total. The van der Waals surface area contributed by atoms with Crippen LogP contribution in [0.2, 0.25) is 0 Å². The lowest BCUT2D eigenvalue weighted by molar-refractivity contribution is 0.669. The lowest BCUT2D eigenvalue weighted by Gasteiger charge is -2.45. The van der Waals surface area contributed by atoms with E-state index in [2.05, 4.69) is 535 Å². The number of para-hydroxylation sites is 8. The summed E-state index contributed by atoms with van der Waals surface area (Å²) in [7, 11) is 0. The summed E-state index contributed by atoms with van der Waals surface area (Å²) in [5.41, 5.74) is 44.5. The molecule has 22 aromatic carbocycles. The van der Waals surface area contributed by atoms with Crippen molar-refractivity contribution in [1.29, 1.82) is 0 Å². The SMILES string of the molecule is c1ccc(-c2cccc(-c3ccccc3N(c3ccc(-c4cccc5c4sc4ccc(-c6cccc(N7c8ccccc8C8(c9ccccc9-c9c(N(c%10ccc(-c%11ccc%12oc%13ccccc%13c%12c%11)cc%10)c%10ccccc%10-c%10cccc(-c%11ccccc%11)c%10)cccc98)c8ccccc87)c6)cc45)cc3)c3cccc4c3-c3ccccc3C43c4ccccc4N(c4ccccc4)c4ccccc43)c2)cc1. The second-order valence-electron chi connectivity index (χ2n) is 37.1. The standard InChI is InChI=1S/C134H86N4OS/c1-4-34-87(35-5-1)91-38-28-41-96(82-91)102-46-12-21-61-119(102)135(99-76-70-89(71-77-99)94-74-80-128-109(85-94)105-48-14-27-69-127(105)139-128)125-67-33-60-118-131(125)108-50-11-16-54-112(108)134(118)115-57-19-25-65-123(115)138(124-66-26-20-58-116(124)134)101-45-30-40-93(84-101)95-75-81-129-110(86-95)106-52-31-51-104(132(106)140-129)90-72-78-100(79-73-90)136(120-62-22-13-47-103(120)97-42-29-39-92(83-97)88-36-6-2-7-37-88)126-68-32-59-117-130(126)107-49-10-15-53-111(107)133(117)113-55-17-23-63-121(113)137(98-43-8-3-9-44-98)122-64-24-18-56-114(122)133/h1-86H. The van der Waals surface area contributed by atoms with Crippen molar-refractivity contribution in [2.24, 2.45) is 0 Å². The fourth-order valence-corrected chi connectivity index (χ4v) is 25.2. The zero-order valence-electron chi connectivity index (χ0n) is 76.3. The highest BCUT2D eigenvalue weighted by molar-refractivity contribution is 7.26. The average molecular weight is 1800 g/mol. The fourth-order valence-electron chi connectivity index (χ4n) is 23.9. The lowest BCUT2D eigenvalue weighted by atomic mass is 9.64. The molecule has 0 bridgehead atoms. The summed E-state index contributed by atoms with van der Waals surface area (Å²) in [6.07, 6.45) is 0. The topological polar surface area (TPSA) is 26.1 Å². The molecule has 0 radical (unpaired) electrons. The van der Waals surface area contributed by atoms with Gasteiger partial charge in [0, 0.05) is 75.9 Å². The summed E-state index contributed by atoms with van der Waals surface area (Å²) in [5.74, 6) is 0. The Morgan fingerprint density at radius 3 is 1.07 bits per heavy atom. The number of rotatable bonds is 15. The Kier molecular flexibility index (Phi) is 18.6. The molecule has 28 rings (SSSR count). The third-order valence-electron chi connectivity index (χ3n) is 29.8. The first-order valence-corrected chi connectivity index (χ1v) is 49.1. The third kappa shape index (κ3) is 12.4. The highest BCUT2D eigenvalue weighted by Gasteiger charge is 2.55. The molecule has 0 saturated heterocycles. The van der Waals surface area contributed by atoms with Crippen LogP contribution in [-0.2, 0) is 10.8 Å². The van der Waals surface area contributed by atoms with Gasteiger partial charge in [0.05, 0.1) is 56.3 Å². The molecule has 2 aromatic heterocycles. The van der Waals surface area contributed by atoms with Crippen molar-refractivity contribution >= 4 is 122 Å². The van der Waals surface area contributed by atoms with Crippen LogP contribution in [0.5, 0.6) is 0 Å². The fraction of sp³-hybridized carbons (Fsp3) is 0.0149. The molecule has 0 saturated carbocycles. The van der Waals surface area contributed by atoms with Gasteiger partial charge in [-0.25, -0.2) is 0 Å². The van der Waals surface area contributed by atoms with E-state index in [1.54, 1.807) is 0 Å². The zero-order valence-corrected chi connectivity index (χ0v) is 77.1. The van der Waals surface area contributed by atoms with Crippen molar-refractivity contribution in [3.05, 3.63) is 566 Å². The van der Waals surface area contributed by atoms with E-state index in [1.807, 2.05) is 17.4 Å². The summed E-state index contributed by atoms with van der Waals surface area (Å²) in [6, 6.07) is 195. The van der Waals surface area contributed by atoms with Crippen molar-refractivity contribution in [3.63, 3.8) is 0 Å². The Morgan fingerprint density at radius 2 is 0.529 bits per heavy atom. The quantitative estimate of drug-likeness (QED) is 0.102. The van der Waals surface area contributed by atoms with Gasteiger partial charge in [-0.15, -0.1) is 11.3 Å². The molecule has 2 aliphatic heterocycles. The van der Waals surface area contributed by atoms with Gasteiger partial charge in [0.25, 0.3) is 0 Å². The van der Waals surface area contributed by atoms with Crippen LogP contribution < -0.4 is 19.6 Å². The van der Waals surface area contributed by atoms with E-state index in [9.17, 15) is 0 Å². The minimum Gasteiger partial charge on any atom is -0.456 e. The summed E-state index contributed by atoms with van der Waals surface area (Å²) in [4.78, 5) is 10.1. The first kappa shape index (κ1) is 80.5. The van der Waals surface area contributed by atoms with E-state index in [0.717, 1.165) is 129 Å². The minimum atomic E-state index is -0.738. The normalized spacial score (nSPS) is 13.1. The zero-order chi connectivity index (χ0) is 92.1. The van der Waals surface area contributed by atoms with Crippen molar-refractivity contribution in [1.82, 2.24) is 0 Å². The van der Waals surface area contributed by atoms with Crippen LogP contribution in [-0.4, -0.2) is 0 Å². The smallest absolute Gasteiger partial charge is 0.135 e. The van der Waals surface area contributed by atoms with Gasteiger partial charge in [0.15, 0.2) is 0 Å². The number of benzene rings is 22. The number of hydrogen-bond acceptors (Lipinski definition) is 6. The number of nitrogens with zero attached hydrogens (tertiary/aromatic N) is 4. The Labute approximate surface area is 816 Å².